The Balaban J connectivity index is 1.44. The lowest BCUT2D eigenvalue weighted by molar-refractivity contribution is -0.128. The van der Waals surface area contributed by atoms with Gasteiger partial charge in [-0.1, -0.05) is 60.7 Å². The lowest BCUT2D eigenvalue weighted by Gasteiger charge is -2.14. The van der Waals surface area contributed by atoms with E-state index in [1.54, 1.807) is 4.90 Å². The van der Waals surface area contributed by atoms with Gasteiger partial charge in [-0.15, -0.1) is 0 Å². The van der Waals surface area contributed by atoms with Gasteiger partial charge in [0.15, 0.2) is 0 Å². The first-order valence-electron chi connectivity index (χ1n) is 10.4. The quantitative estimate of drug-likeness (QED) is 0.629. The van der Waals surface area contributed by atoms with Crippen LogP contribution in [0.15, 0.2) is 66.9 Å². The smallest absolute Gasteiger partial charge is 0.222 e. The standard InChI is InChI=1S/C24H26N4O2/c29-22(13-15-27-14-7-12-23(27)30)25-16-21-18-28(17-19-8-3-1-4-9-19)26-24(21)20-10-5-2-6-11-20/h1-6,8-11,18H,7,12-17H2,(H,25,29). The van der Waals surface area contributed by atoms with Crippen LogP contribution in [0.2, 0.25) is 0 Å². The summed E-state index contributed by atoms with van der Waals surface area (Å²) in [5.74, 6) is 0.0980. The molecule has 3 aromatic rings. The summed E-state index contributed by atoms with van der Waals surface area (Å²) in [5, 5.41) is 7.78. The topological polar surface area (TPSA) is 67.2 Å². The van der Waals surface area contributed by atoms with Crippen molar-refractivity contribution in [3.05, 3.63) is 78.0 Å². The van der Waals surface area contributed by atoms with Crippen LogP contribution in [0.5, 0.6) is 0 Å². The van der Waals surface area contributed by atoms with E-state index in [1.165, 1.54) is 5.56 Å². The molecule has 6 heteroatoms. The van der Waals surface area contributed by atoms with E-state index in [0.29, 0.717) is 32.5 Å². The Morgan fingerprint density at radius 1 is 1.03 bits per heavy atom. The summed E-state index contributed by atoms with van der Waals surface area (Å²) >= 11 is 0. The van der Waals surface area contributed by atoms with E-state index in [9.17, 15) is 9.59 Å². The number of nitrogens with zero attached hydrogens (tertiary/aromatic N) is 3. The average Bonchev–Trinajstić information content (AvgIpc) is 3.37. The van der Waals surface area contributed by atoms with E-state index in [-0.39, 0.29) is 11.8 Å². The number of carbonyl (C=O) groups is 2. The third kappa shape index (κ3) is 4.95. The van der Waals surface area contributed by atoms with Crippen LogP contribution in [0.4, 0.5) is 0 Å². The molecule has 1 aromatic heterocycles. The van der Waals surface area contributed by atoms with Gasteiger partial charge in [-0.2, -0.15) is 5.10 Å². The molecule has 2 aromatic carbocycles. The van der Waals surface area contributed by atoms with Crippen molar-refractivity contribution in [3.63, 3.8) is 0 Å². The molecule has 30 heavy (non-hydrogen) atoms. The van der Waals surface area contributed by atoms with Crippen molar-refractivity contribution in [1.82, 2.24) is 20.0 Å². The van der Waals surface area contributed by atoms with E-state index >= 15 is 0 Å². The molecule has 154 valence electrons. The molecule has 0 atom stereocenters. The third-order valence-corrected chi connectivity index (χ3v) is 5.33. The van der Waals surface area contributed by atoms with Gasteiger partial charge in [0.1, 0.15) is 0 Å². The molecule has 6 nitrogen and oxygen atoms in total. The summed E-state index contributed by atoms with van der Waals surface area (Å²) in [5.41, 5.74) is 4.05. The van der Waals surface area contributed by atoms with Crippen LogP contribution >= 0.6 is 0 Å². The van der Waals surface area contributed by atoms with E-state index in [2.05, 4.69) is 17.4 Å². The van der Waals surface area contributed by atoms with Gasteiger partial charge in [0.05, 0.1) is 12.2 Å². The Kier molecular flexibility index (Phi) is 6.23. The number of amides is 2. The fraction of sp³-hybridized carbons (Fsp3) is 0.292. The van der Waals surface area contributed by atoms with E-state index in [1.807, 2.05) is 59.4 Å². The molecule has 0 radical (unpaired) electrons. The van der Waals surface area contributed by atoms with Crippen LogP contribution in [0.3, 0.4) is 0 Å². The monoisotopic (exact) mass is 402 g/mol. The van der Waals surface area contributed by atoms with Crippen LogP contribution in [-0.4, -0.2) is 39.6 Å². The summed E-state index contributed by atoms with van der Waals surface area (Å²) in [6.45, 7) is 2.33. The van der Waals surface area contributed by atoms with Gasteiger partial charge in [-0.3, -0.25) is 14.3 Å². The molecule has 0 aliphatic carbocycles. The summed E-state index contributed by atoms with van der Waals surface area (Å²) in [6, 6.07) is 20.2. The number of likely N-dealkylation sites (tertiary alicyclic amines) is 1. The number of aromatic nitrogens is 2. The maximum Gasteiger partial charge on any atom is 0.222 e. The van der Waals surface area contributed by atoms with Gasteiger partial charge in [0.2, 0.25) is 11.8 Å². The van der Waals surface area contributed by atoms with Crippen molar-refractivity contribution >= 4 is 11.8 Å². The molecular formula is C24H26N4O2. The molecule has 0 unspecified atom stereocenters. The summed E-state index contributed by atoms with van der Waals surface area (Å²) < 4.78 is 1.92. The van der Waals surface area contributed by atoms with E-state index in [4.69, 9.17) is 5.10 Å². The van der Waals surface area contributed by atoms with Crippen molar-refractivity contribution in [3.8, 4) is 11.3 Å². The molecule has 2 heterocycles. The second-order valence-electron chi connectivity index (χ2n) is 7.56. The largest absolute Gasteiger partial charge is 0.352 e. The van der Waals surface area contributed by atoms with Crippen molar-refractivity contribution in [2.75, 3.05) is 13.1 Å². The Hall–Kier alpha value is -3.41. The van der Waals surface area contributed by atoms with Gasteiger partial charge < -0.3 is 10.2 Å². The zero-order chi connectivity index (χ0) is 20.8. The number of benzene rings is 2. The molecule has 1 N–H and O–H groups in total. The minimum absolute atomic E-state index is 0.0514. The van der Waals surface area contributed by atoms with Crippen LogP contribution < -0.4 is 5.32 Å². The van der Waals surface area contributed by atoms with E-state index < -0.39 is 0 Å². The molecule has 1 aliphatic rings. The summed E-state index contributed by atoms with van der Waals surface area (Å²) in [7, 11) is 0. The maximum atomic E-state index is 12.3. The second-order valence-corrected chi connectivity index (χ2v) is 7.56. The zero-order valence-electron chi connectivity index (χ0n) is 17.0. The molecule has 1 aliphatic heterocycles. The van der Waals surface area contributed by atoms with E-state index in [0.717, 1.165) is 29.8 Å². The summed E-state index contributed by atoms with van der Waals surface area (Å²) in [6.07, 6.45) is 3.81. The predicted molar refractivity (Wildman–Crippen MR) is 115 cm³/mol. The van der Waals surface area contributed by atoms with Crippen molar-refractivity contribution < 1.29 is 9.59 Å². The zero-order valence-corrected chi connectivity index (χ0v) is 17.0. The fourth-order valence-electron chi connectivity index (χ4n) is 3.74. The van der Waals surface area contributed by atoms with Crippen molar-refractivity contribution in [2.45, 2.75) is 32.4 Å². The first-order valence-corrected chi connectivity index (χ1v) is 10.4. The highest BCUT2D eigenvalue weighted by Gasteiger charge is 2.20. The Morgan fingerprint density at radius 3 is 2.47 bits per heavy atom. The van der Waals surface area contributed by atoms with Crippen LogP contribution in [0.1, 0.15) is 30.4 Å². The first kappa shape index (κ1) is 19.9. The number of carbonyl (C=O) groups excluding carboxylic acids is 2. The highest BCUT2D eigenvalue weighted by molar-refractivity contribution is 5.80. The van der Waals surface area contributed by atoms with Crippen molar-refractivity contribution in [2.24, 2.45) is 0 Å². The molecule has 2 amide bonds. The number of rotatable bonds is 8. The molecule has 4 rings (SSSR count). The molecule has 1 fully saturated rings. The molecule has 0 bridgehead atoms. The SMILES string of the molecule is O=C(CCN1CCCC1=O)NCc1cn(Cc2ccccc2)nc1-c1ccccc1. The van der Waals surface area contributed by atoms with Gasteiger partial charge in [-0.05, 0) is 12.0 Å². The molecular weight excluding hydrogens is 376 g/mol. The van der Waals surface area contributed by atoms with Crippen LogP contribution in [0, 0.1) is 0 Å². The maximum absolute atomic E-state index is 12.3. The Bertz CT molecular complexity index is 999. The highest BCUT2D eigenvalue weighted by Crippen LogP contribution is 2.22. The third-order valence-electron chi connectivity index (χ3n) is 5.33. The predicted octanol–water partition coefficient (Wildman–Crippen LogP) is 3.23. The van der Waals surface area contributed by atoms with Crippen LogP contribution in [-0.2, 0) is 22.7 Å². The highest BCUT2D eigenvalue weighted by atomic mass is 16.2. The lowest BCUT2D eigenvalue weighted by Crippen LogP contribution is -2.31. The normalized spacial score (nSPS) is 13.6. The Morgan fingerprint density at radius 2 is 1.77 bits per heavy atom. The number of hydrogen-bond acceptors (Lipinski definition) is 3. The Labute approximate surface area is 176 Å². The molecule has 1 saturated heterocycles. The molecule has 0 saturated carbocycles. The average molecular weight is 402 g/mol. The van der Waals surface area contributed by atoms with Crippen molar-refractivity contribution in [1.29, 1.82) is 0 Å². The van der Waals surface area contributed by atoms with Gasteiger partial charge in [0, 0.05) is 49.8 Å². The molecule has 0 spiro atoms. The minimum atomic E-state index is -0.0514. The summed E-state index contributed by atoms with van der Waals surface area (Å²) in [4.78, 5) is 25.8. The number of nitrogens with one attached hydrogen (secondary N) is 1. The number of hydrogen-bond donors (Lipinski definition) is 1. The minimum Gasteiger partial charge on any atom is -0.352 e. The van der Waals surface area contributed by atoms with Gasteiger partial charge in [0.25, 0.3) is 0 Å². The van der Waals surface area contributed by atoms with Gasteiger partial charge >= 0.3 is 0 Å². The lowest BCUT2D eigenvalue weighted by atomic mass is 10.1. The second kappa shape index (κ2) is 9.39. The van der Waals surface area contributed by atoms with Crippen LogP contribution in [0.25, 0.3) is 11.3 Å². The first-order chi connectivity index (χ1) is 14.7. The fourth-order valence-corrected chi connectivity index (χ4v) is 3.74. The van der Waals surface area contributed by atoms with Gasteiger partial charge in [-0.25, -0.2) is 0 Å².